The molecule has 0 aliphatic heterocycles. The fraction of sp³-hybridized carbons (Fsp3) is 0.143. The van der Waals surface area contributed by atoms with Crippen molar-refractivity contribution in [2.75, 3.05) is 14.2 Å². The molecule has 0 aliphatic rings. The molecule has 1 aromatic heterocycles. The van der Waals surface area contributed by atoms with E-state index in [2.05, 4.69) is 30.1 Å². The van der Waals surface area contributed by atoms with Crippen LogP contribution in [0.3, 0.4) is 0 Å². The zero-order chi connectivity index (χ0) is 18.5. The molecule has 0 atom stereocenters. The van der Waals surface area contributed by atoms with Crippen molar-refractivity contribution in [3.05, 3.63) is 64.0 Å². The summed E-state index contributed by atoms with van der Waals surface area (Å²) in [6.45, 7) is 2.05. The lowest BCUT2D eigenvalue weighted by atomic mass is 10.1. The number of hydrogen-bond donors (Lipinski definition) is 0. The van der Waals surface area contributed by atoms with E-state index in [4.69, 9.17) is 9.47 Å². The normalized spacial score (nSPS) is 11.1. The van der Waals surface area contributed by atoms with Crippen LogP contribution in [0, 0.1) is 18.3 Å². The quantitative estimate of drug-likeness (QED) is 0.585. The molecule has 0 fully saturated rings. The van der Waals surface area contributed by atoms with E-state index in [-0.39, 0.29) is 0 Å². The summed E-state index contributed by atoms with van der Waals surface area (Å²) in [5, 5.41) is 12.3. The van der Waals surface area contributed by atoms with Gasteiger partial charge in [0.25, 0.3) is 0 Å². The zero-order valence-electron chi connectivity index (χ0n) is 14.8. The Kier molecular flexibility index (Phi) is 5.35. The number of nitriles is 1. The summed E-state index contributed by atoms with van der Waals surface area (Å²) in [6, 6.07) is 15.9. The second kappa shape index (κ2) is 7.85. The maximum Gasteiger partial charge on any atom is 0.134 e. The van der Waals surface area contributed by atoms with Crippen molar-refractivity contribution < 1.29 is 9.47 Å². The highest BCUT2D eigenvalue weighted by molar-refractivity contribution is 7.11. The van der Waals surface area contributed by atoms with Crippen LogP contribution in [0.2, 0.25) is 0 Å². The van der Waals surface area contributed by atoms with Crippen molar-refractivity contribution in [2.45, 2.75) is 6.92 Å². The minimum atomic E-state index is 0.503. The minimum absolute atomic E-state index is 0.503. The average molecular weight is 362 g/mol. The van der Waals surface area contributed by atoms with Crippen molar-refractivity contribution in [1.29, 1.82) is 5.26 Å². The van der Waals surface area contributed by atoms with Gasteiger partial charge in [0.15, 0.2) is 0 Å². The number of aryl methyl sites for hydroxylation is 1. The predicted molar refractivity (Wildman–Crippen MR) is 105 cm³/mol. The fourth-order valence-corrected chi connectivity index (χ4v) is 3.27. The Labute approximate surface area is 157 Å². The van der Waals surface area contributed by atoms with E-state index in [1.807, 2.05) is 29.6 Å². The van der Waals surface area contributed by atoms with Crippen LogP contribution in [0.4, 0.5) is 0 Å². The summed E-state index contributed by atoms with van der Waals surface area (Å²) in [5.41, 5.74) is 4.44. The number of nitrogens with zero attached hydrogens (tertiary/aromatic N) is 2. The van der Waals surface area contributed by atoms with Crippen LogP contribution in [-0.2, 0) is 0 Å². The van der Waals surface area contributed by atoms with Crippen LogP contribution in [0.1, 0.15) is 16.1 Å². The van der Waals surface area contributed by atoms with E-state index < -0.39 is 0 Å². The summed E-state index contributed by atoms with van der Waals surface area (Å²) in [5.74, 6) is 1.35. The van der Waals surface area contributed by atoms with Gasteiger partial charge < -0.3 is 9.47 Å². The lowest BCUT2D eigenvalue weighted by Gasteiger charge is -2.06. The summed E-state index contributed by atoms with van der Waals surface area (Å²) in [7, 11) is 3.20. The van der Waals surface area contributed by atoms with E-state index in [0.717, 1.165) is 16.8 Å². The fourth-order valence-electron chi connectivity index (χ4n) is 2.48. The third-order valence-corrected chi connectivity index (χ3v) is 4.76. The highest BCUT2D eigenvalue weighted by Crippen LogP contribution is 2.29. The van der Waals surface area contributed by atoms with Crippen LogP contribution >= 0.6 is 11.3 Å². The maximum absolute atomic E-state index is 9.60. The summed E-state index contributed by atoms with van der Waals surface area (Å²) in [4.78, 5) is 4.63. The van der Waals surface area contributed by atoms with E-state index in [9.17, 15) is 5.26 Å². The number of hydrogen-bond acceptors (Lipinski definition) is 5. The SMILES string of the molecule is COc1cc(/C=C(\C#N)c2nc(-c3ccc(C)cc3)cs2)cc(OC)c1. The first-order valence-corrected chi connectivity index (χ1v) is 8.88. The highest BCUT2D eigenvalue weighted by Gasteiger charge is 2.10. The summed E-state index contributed by atoms with van der Waals surface area (Å²) in [6.07, 6.45) is 1.79. The van der Waals surface area contributed by atoms with Crippen LogP contribution in [0.5, 0.6) is 11.5 Å². The largest absolute Gasteiger partial charge is 0.497 e. The monoisotopic (exact) mass is 362 g/mol. The maximum atomic E-state index is 9.60. The molecule has 5 heteroatoms. The number of benzene rings is 2. The number of aromatic nitrogens is 1. The lowest BCUT2D eigenvalue weighted by molar-refractivity contribution is 0.394. The first-order valence-electron chi connectivity index (χ1n) is 8.00. The smallest absolute Gasteiger partial charge is 0.134 e. The van der Waals surface area contributed by atoms with E-state index in [1.54, 1.807) is 26.4 Å². The van der Waals surface area contributed by atoms with Gasteiger partial charge in [-0.05, 0) is 30.7 Å². The summed E-state index contributed by atoms with van der Waals surface area (Å²) < 4.78 is 10.6. The average Bonchev–Trinajstić information content (AvgIpc) is 3.16. The third kappa shape index (κ3) is 3.93. The van der Waals surface area contributed by atoms with Gasteiger partial charge in [-0.25, -0.2) is 4.98 Å². The van der Waals surface area contributed by atoms with Crippen LogP contribution < -0.4 is 9.47 Å². The van der Waals surface area contributed by atoms with Crippen LogP contribution in [-0.4, -0.2) is 19.2 Å². The van der Waals surface area contributed by atoms with Crippen molar-refractivity contribution in [1.82, 2.24) is 4.98 Å². The first-order chi connectivity index (χ1) is 12.6. The van der Waals surface area contributed by atoms with E-state index >= 15 is 0 Å². The molecule has 0 bridgehead atoms. The molecule has 0 saturated carbocycles. The molecule has 4 nitrogen and oxygen atoms in total. The highest BCUT2D eigenvalue weighted by atomic mass is 32.1. The van der Waals surface area contributed by atoms with Gasteiger partial charge in [-0.2, -0.15) is 5.26 Å². The molecule has 130 valence electrons. The van der Waals surface area contributed by atoms with Gasteiger partial charge >= 0.3 is 0 Å². The topological polar surface area (TPSA) is 55.1 Å². The number of rotatable bonds is 5. The van der Waals surface area contributed by atoms with E-state index in [1.165, 1.54) is 16.9 Å². The van der Waals surface area contributed by atoms with Gasteiger partial charge in [0.2, 0.25) is 0 Å². The van der Waals surface area contributed by atoms with Crippen molar-refractivity contribution in [2.24, 2.45) is 0 Å². The molecule has 3 aromatic rings. The van der Waals surface area contributed by atoms with Crippen molar-refractivity contribution in [3.8, 4) is 28.8 Å². The molecule has 0 spiro atoms. The Balaban J connectivity index is 1.96. The van der Waals surface area contributed by atoms with Gasteiger partial charge in [-0.3, -0.25) is 0 Å². The molecular formula is C21H18N2O2S. The molecule has 2 aromatic carbocycles. The molecule has 0 amide bonds. The zero-order valence-corrected chi connectivity index (χ0v) is 15.6. The predicted octanol–water partition coefficient (Wildman–Crippen LogP) is 5.20. The molecular weight excluding hydrogens is 344 g/mol. The summed E-state index contributed by atoms with van der Waals surface area (Å²) >= 11 is 1.46. The first kappa shape index (κ1) is 17.7. The Morgan fingerprint density at radius 3 is 2.31 bits per heavy atom. The van der Waals surface area contributed by atoms with Gasteiger partial charge in [-0.1, -0.05) is 29.8 Å². The van der Waals surface area contributed by atoms with Gasteiger partial charge in [0, 0.05) is 17.0 Å². The molecule has 3 rings (SSSR count). The molecule has 0 unspecified atom stereocenters. The molecule has 0 aliphatic carbocycles. The second-order valence-electron chi connectivity index (χ2n) is 5.72. The minimum Gasteiger partial charge on any atom is -0.497 e. The Bertz CT molecular complexity index is 960. The van der Waals surface area contributed by atoms with Crippen LogP contribution in [0.15, 0.2) is 47.8 Å². The number of ether oxygens (including phenoxy) is 2. The van der Waals surface area contributed by atoms with Gasteiger partial charge in [0.1, 0.15) is 22.6 Å². The number of allylic oxidation sites excluding steroid dienone is 1. The van der Waals surface area contributed by atoms with Crippen molar-refractivity contribution in [3.63, 3.8) is 0 Å². The molecule has 1 heterocycles. The van der Waals surface area contributed by atoms with Crippen LogP contribution in [0.25, 0.3) is 22.9 Å². The molecule has 26 heavy (non-hydrogen) atoms. The third-order valence-electron chi connectivity index (χ3n) is 3.89. The van der Waals surface area contributed by atoms with E-state index in [0.29, 0.717) is 22.1 Å². The molecule has 0 radical (unpaired) electrons. The Morgan fingerprint density at radius 1 is 1.08 bits per heavy atom. The Hall–Kier alpha value is -3.10. The Morgan fingerprint density at radius 2 is 1.73 bits per heavy atom. The molecule has 0 N–H and O–H groups in total. The van der Waals surface area contributed by atoms with Gasteiger partial charge in [-0.15, -0.1) is 11.3 Å². The van der Waals surface area contributed by atoms with Gasteiger partial charge in [0.05, 0.1) is 25.5 Å². The number of methoxy groups -OCH3 is 2. The lowest BCUT2D eigenvalue weighted by Crippen LogP contribution is -1.89. The molecule has 0 saturated heterocycles. The standard InChI is InChI=1S/C21H18N2O2S/c1-14-4-6-16(7-5-14)20-13-26-21(23-20)17(12-22)8-15-9-18(24-2)11-19(10-15)25-3/h4-11,13H,1-3H3/b17-8+. The second-order valence-corrected chi connectivity index (χ2v) is 6.58. The van der Waals surface area contributed by atoms with Crippen molar-refractivity contribution >= 4 is 23.0 Å². The number of thiazole rings is 1.